The van der Waals surface area contributed by atoms with E-state index in [-0.39, 0.29) is 18.8 Å². The lowest BCUT2D eigenvalue weighted by atomic mass is 9.95. The van der Waals surface area contributed by atoms with Crippen molar-refractivity contribution in [2.75, 3.05) is 34.0 Å². The zero-order chi connectivity index (χ0) is 36.2. The number of benzene rings is 3. The Morgan fingerprint density at radius 1 is 0.980 bits per heavy atom. The maximum atomic E-state index is 12.5. The zero-order valence-electron chi connectivity index (χ0n) is 28.2. The lowest BCUT2D eigenvalue weighted by molar-refractivity contribution is -0.136. The van der Waals surface area contributed by atoms with E-state index < -0.39 is 30.2 Å². The van der Waals surface area contributed by atoms with E-state index >= 15 is 0 Å². The van der Waals surface area contributed by atoms with Crippen molar-refractivity contribution in [1.29, 1.82) is 0 Å². The number of hydrogen-bond acceptors (Lipinski definition) is 12. The number of nitrogens with one attached hydrogen (secondary N) is 3. The van der Waals surface area contributed by atoms with Crippen LogP contribution >= 0.6 is 22.6 Å². The zero-order valence-corrected chi connectivity index (χ0v) is 30.4. The summed E-state index contributed by atoms with van der Waals surface area (Å²) in [6, 6.07) is 14.3. The first-order valence-corrected chi connectivity index (χ1v) is 16.6. The van der Waals surface area contributed by atoms with Crippen LogP contribution in [-0.4, -0.2) is 69.6 Å². The number of carbonyl (C=O) groups is 3. The van der Waals surface area contributed by atoms with Crippen molar-refractivity contribution in [3.05, 3.63) is 91.7 Å². The quantitative estimate of drug-likeness (QED) is 0.0525. The van der Waals surface area contributed by atoms with Crippen LogP contribution in [0.2, 0.25) is 0 Å². The first kappa shape index (κ1) is 37.8. The first-order chi connectivity index (χ1) is 24.1. The molecule has 0 spiro atoms. The number of nitrogens with zero attached hydrogens (tertiary/aromatic N) is 1. The first-order valence-electron chi connectivity index (χ1n) is 15.6. The van der Waals surface area contributed by atoms with Gasteiger partial charge in [0.05, 0.1) is 50.8 Å². The molecule has 0 saturated carbocycles. The number of aliphatic hydroxyl groups excluding tert-OH is 1. The van der Waals surface area contributed by atoms with Gasteiger partial charge in [0, 0.05) is 14.8 Å². The molecule has 0 aliphatic carbocycles. The fourth-order valence-electron chi connectivity index (χ4n) is 4.91. The average Bonchev–Trinajstić information content (AvgIpc) is 3.10. The van der Waals surface area contributed by atoms with Crippen molar-refractivity contribution < 1.29 is 47.9 Å². The molecular weight excluding hydrogens is 763 g/mol. The van der Waals surface area contributed by atoms with Crippen LogP contribution in [0, 0.1) is 3.57 Å². The van der Waals surface area contributed by atoms with E-state index in [1.807, 2.05) is 12.1 Å². The van der Waals surface area contributed by atoms with E-state index in [0.29, 0.717) is 58.6 Å². The summed E-state index contributed by atoms with van der Waals surface area (Å²) in [4.78, 5) is 36.7. The summed E-state index contributed by atoms with van der Waals surface area (Å²) in [5, 5.41) is 20.2. The van der Waals surface area contributed by atoms with Gasteiger partial charge < -0.3 is 44.2 Å². The molecule has 0 unspecified atom stereocenters. The number of methoxy groups -OCH3 is 2. The van der Waals surface area contributed by atoms with Gasteiger partial charge in [0.15, 0.2) is 29.2 Å². The number of allylic oxidation sites excluding steroid dienone is 1. The number of hydrogen-bond donors (Lipinski definition) is 4. The van der Waals surface area contributed by atoms with Gasteiger partial charge in [-0.2, -0.15) is 5.10 Å². The molecule has 0 bridgehead atoms. The highest BCUT2D eigenvalue weighted by Crippen LogP contribution is 2.35. The van der Waals surface area contributed by atoms with Crippen molar-refractivity contribution in [2.45, 2.75) is 39.6 Å². The maximum absolute atomic E-state index is 12.5. The molecular formula is C35H39IN4O10. The summed E-state index contributed by atoms with van der Waals surface area (Å²) >= 11 is 2.15. The molecule has 4 N–H and O–H groups in total. The molecule has 0 radical (unpaired) electrons. The number of hydrazone groups is 1. The Balaban J connectivity index is 1.42. The number of esters is 2. The second kappa shape index (κ2) is 18.1. The highest BCUT2D eigenvalue weighted by Gasteiger charge is 2.32. The van der Waals surface area contributed by atoms with Crippen LogP contribution in [-0.2, 0) is 20.9 Å². The van der Waals surface area contributed by atoms with E-state index in [2.05, 4.69) is 43.8 Å². The number of aliphatic hydroxyl groups is 1. The Morgan fingerprint density at radius 3 is 2.42 bits per heavy atom. The second-order valence-electron chi connectivity index (χ2n) is 10.6. The van der Waals surface area contributed by atoms with Gasteiger partial charge in [0.2, 0.25) is 0 Å². The van der Waals surface area contributed by atoms with Gasteiger partial charge in [-0.15, -0.1) is 0 Å². The van der Waals surface area contributed by atoms with Crippen LogP contribution in [0.5, 0.6) is 23.0 Å². The summed E-state index contributed by atoms with van der Waals surface area (Å²) in [6.45, 7) is 5.77. The topological polar surface area (TPSA) is 175 Å². The number of halogens is 1. The highest BCUT2D eigenvalue weighted by atomic mass is 127. The number of ether oxygens (including phenoxy) is 6. The molecule has 50 heavy (non-hydrogen) atoms. The van der Waals surface area contributed by atoms with E-state index in [1.54, 1.807) is 63.2 Å². The van der Waals surface area contributed by atoms with Gasteiger partial charge >= 0.3 is 18.0 Å². The lowest BCUT2D eigenvalue weighted by Gasteiger charge is -2.28. The Morgan fingerprint density at radius 2 is 1.74 bits per heavy atom. The summed E-state index contributed by atoms with van der Waals surface area (Å²) in [7, 11) is 2.80. The standard InChI is InChI=1S/C35H39IN4O10/c1-6-47-27-15-23(31-30(34(43)46-5)20(3)38-35(44)39-31)12-13-26(27)49-19-29(41)40-37-17-24-14-25(36)16-28(45-4)32(24)50-18-21-8-10-22(11-9-21)33(42)48-7-2/h8-17,29,31,40-41H,6-7,18-19H2,1-5H3,(H2,38,39,44)/b37-17+/t29-,31-/m0/s1. The second-order valence-corrected chi connectivity index (χ2v) is 11.9. The van der Waals surface area contributed by atoms with E-state index in [1.165, 1.54) is 20.4 Å². The average molecular weight is 803 g/mol. The smallest absolute Gasteiger partial charge is 0.338 e. The molecule has 14 nitrogen and oxygen atoms in total. The molecule has 15 heteroatoms. The van der Waals surface area contributed by atoms with Gasteiger partial charge in [-0.05, 0) is 90.9 Å². The van der Waals surface area contributed by atoms with Crippen molar-refractivity contribution in [3.63, 3.8) is 0 Å². The van der Waals surface area contributed by atoms with Crippen LogP contribution in [0.1, 0.15) is 53.9 Å². The van der Waals surface area contributed by atoms with Gasteiger partial charge in [0.1, 0.15) is 13.2 Å². The molecule has 1 aliphatic heterocycles. The Bertz CT molecular complexity index is 1750. The summed E-state index contributed by atoms with van der Waals surface area (Å²) in [5.74, 6) is 0.624. The monoisotopic (exact) mass is 802 g/mol. The number of carbonyl (C=O) groups excluding carboxylic acids is 3. The third-order valence-electron chi connectivity index (χ3n) is 7.22. The lowest BCUT2D eigenvalue weighted by Crippen LogP contribution is -2.45. The predicted molar refractivity (Wildman–Crippen MR) is 191 cm³/mol. The molecule has 0 aromatic heterocycles. The SMILES string of the molecule is CCOC(=O)c1ccc(COc2c(/C=N/N[C@@H](O)COc3ccc([C@@H]4NC(=O)NC(C)=C4C(=O)OC)cc3OCC)cc(I)cc2OC)cc1. The number of urea groups is 1. The molecule has 1 aliphatic rings. The number of amides is 2. The minimum Gasteiger partial charge on any atom is -0.493 e. The van der Waals surface area contributed by atoms with Gasteiger partial charge in [-0.1, -0.05) is 18.2 Å². The van der Waals surface area contributed by atoms with Crippen molar-refractivity contribution in [2.24, 2.45) is 5.10 Å². The van der Waals surface area contributed by atoms with Crippen LogP contribution in [0.4, 0.5) is 4.79 Å². The van der Waals surface area contributed by atoms with Crippen LogP contribution in [0.25, 0.3) is 0 Å². The Labute approximate surface area is 303 Å². The molecule has 2 amide bonds. The molecule has 1 heterocycles. The minimum atomic E-state index is -1.22. The fraction of sp³-hybridized carbons (Fsp3) is 0.314. The molecule has 4 rings (SSSR count). The van der Waals surface area contributed by atoms with Gasteiger partial charge in [0.25, 0.3) is 0 Å². The largest absolute Gasteiger partial charge is 0.493 e. The van der Waals surface area contributed by atoms with E-state index in [4.69, 9.17) is 28.4 Å². The van der Waals surface area contributed by atoms with Crippen molar-refractivity contribution in [3.8, 4) is 23.0 Å². The van der Waals surface area contributed by atoms with E-state index in [9.17, 15) is 19.5 Å². The predicted octanol–water partition coefficient (Wildman–Crippen LogP) is 4.58. The van der Waals surface area contributed by atoms with Crippen LogP contribution in [0.3, 0.4) is 0 Å². The molecule has 0 saturated heterocycles. The normalized spacial score (nSPS) is 14.7. The molecule has 0 fully saturated rings. The Kier molecular flexibility index (Phi) is 13.7. The van der Waals surface area contributed by atoms with E-state index in [0.717, 1.165) is 9.13 Å². The van der Waals surface area contributed by atoms with Crippen molar-refractivity contribution >= 4 is 46.8 Å². The molecule has 2 atom stereocenters. The summed E-state index contributed by atoms with van der Waals surface area (Å²) < 4.78 is 34.1. The third-order valence-corrected chi connectivity index (χ3v) is 7.84. The summed E-state index contributed by atoms with van der Waals surface area (Å²) in [6.07, 6.45) is 0.280. The minimum absolute atomic E-state index is 0.190. The third kappa shape index (κ3) is 9.78. The number of rotatable bonds is 16. The Hall–Kier alpha value is -5.03. The molecule has 266 valence electrons. The highest BCUT2D eigenvalue weighted by molar-refractivity contribution is 14.1. The summed E-state index contributed by atoms with van der Waals surface area (Å²) in [5.41, 5.74) is 5.70. The van der Waals surface area contributed by atoms with Crippen molar-refractivity contribution in [1.82, 2.24) is 16.1 Å². The molecule has 3 aromatic rings. The van der Waals surface area contributed by atoms with Crippen LogP contribution in [0.15, 0.2) is 71.0 Å². The molecule has 3 aromatic carbocycles. The maximum Gasteiger partial charge on any atom is 0.338 e. The van der Waals surface area contributed by atoms with Crippen LogP contribution < -0.4 is 35.0 Å². The van der Waals surface area contributed by atoms with Gasteiger partial charge in [-0.25, -0.2) is 14.4 Å². The van der Waals surface area contributed by atoms with Gasteiger partial charge in [-0.3, -0.25) is 5.43 Å². The fourth-order valence-corrected chi connectivity index (χ4v) is 5.53.